The van der Waals surface area contributed by atoms with Gasteiger partial charge in [-0.3, -0.25) is 4.79 Å². The Balaban J connectivity index is 1.92. The molecule has 0 amide bonds. The lowest BCUT2D eigenvalue weighted by atomic mass is 9.82. The van der Waals surface area contributed by atoms with Crippen molar-refractivity contribution < 1.29 is 9.53 Å². The zero-order valence-corrected chi connectivity index (χ0v) is 13.1. The number of esters is 1. The van der Waals surface area contributed by atoms with E-state index in [0.29, 0.717) is 12.5 Å². The first-order valence-corrected chi connectivity index (χ1v) is 8.02. The van der Waals surface area contributed by atoms with Crippen LogP contribution in [0.4, 0.5) is 0 Å². The van der Waals surface area contributed by atoms with Gasteiger partial charge in [-0.1, -0.05) is 0 Å². The molecule has 1 aliphatic carbocycles. The molecule has 0 aromatic carbocycles. The molecule has 0 spiro atoms. The number of carbonyl (C=O) groups is 1. The van der Waals surface area contributed by atoms with Crippen LogP contribution in [0.3, 0.4) is 0 Å². The van der Waals surface area contributed by atoms with Gasteiger partial charge in [-0.2, -0.15) is 0 Å². The van der Waals surface area contributed by atoms with Gasteiger partial charge in [-0.25, -0.2) is 4.98 Å². The van der Waals surface area contributed by atoms with E-state index in [1.807, 2.05) is 13.8 Å². The molecule has 1 fully saturated rings. The van der Waals surface area contributed by atoms with E-state index < -0.39 is 0 Å². The van der Waals surface area contributed by atoms with Crippen molar-refractivity contribution in [1.29, 1.82) is 0 Å². The van der Waals surface area contributed by atoms with Gasteiger partial charge in [0.15, 0.2) is 0 Å². The first kappa shape index (κ1) is 14.0. The van der Waals surface area contributed by atoms with Gasteiger partial charge >= 0.3 is 5.97 Å². The predicted octanol–water partition coefficient (Wildman–Crippen LogP) is 4.05. The monoisotopic (exact) mass is 331 g/mol. The minimum absolute atomic E-state index is 0.0209. The highest BCUT2D eigenvalue weighted by Crippen LogP contribution is 2.39. The summed E-state index contributed by atoms with van der Waals surface area (Å²) in [5.74, 6) is 0.601. The Bertz CT molecular complexity index is 405. The fraction of sp³-hybridized carbons (Fsp3) is 0.692. The van der Waals surface area contributed by atoms with Crippen molar-refractivity contribution in [3.05, 3.63) is 14.5 Å². The lowest BCUT2D eigenvalue weighted by Gasteiger charge is -2.25. The molecule has 1 heterocycles. The van der Waals surface area contributed by atoms with Crippen molar-refractivity contribution in [2.24, 2.45) is 5.92 Å². The van der Waals surface area contributed by atoms with Crippen molar-refractivity contribution in [3.63, 3.8) is 0 Å². The quantitative estimate of drug-likeness (QED) is 0.784. The van der Waals surface area contributed by atoms with Crippen molar-refractivity contribution in [3.8, 4) is 0 Å². The summed E-state index contributed by atoms with van der Waals surface area (Å²) in [6.45, 7) is 4.37. The zero-order valence-electron chi connectivity index (χ0n) is 10.7. The minimum atomic E-state index is -0.0209. The Morgan fingerprint density at radius 1 is 1.44 bits per heavy atom. The first-order valence-electron chi connectivity index (χ1n) is 6.41. The lowest BCUT2D eigenvalue weighted by Crippen LogP contribution is -2.23. The standard InChI is InChI=1S/C13H18BrNO2S/c1-3-17-13(16)10-6-4-9(5-7-10)12-15-8(2)11(14)18-12/h9-10H,3-7H2,1-2H3. The highest BCUT2D eigenvalue weighted by Gasteiger charge is 2.29. The highest BCUT2D eigenvalue weighted by atomic mass is 79.9. The Morgan fingerprint density at radius 3 is 2.61 bits per heavy atom. The van der Waals surface area contributed by atoms with E-state index in [4.69, 9.17) is 4.74 Å². The number of hydrogen-bond donors (Lipinski definition) is 0. The molecule has 1 aliphatic rings. The van der Waals surface area contributed by atoms with Gasteiger partial charge in [0.2, 0.25) is 0 Å². The molecule has 5 heteroatoms. The van der Waals surface area contributed by atoms with Crippen LogP contribution in [0.2, 0.25) is 0 Å². The van der Waals surface area contributed by atoms with E-state index in [2.05, 4.69) is 20.9 Å². The van der Waals surface area contributed by atoms with Gasteiger partial charge in [0.25, 0.3) is 0 Å². The van der Waals surface area contributed by atoms with Crippen molar-refractivity contribution in [1.82, 2.24) is 4.98 Å². The summed E-state index contributed by atoms with van der Waals surface area (Å²) in [6.07, 6.45) is 3.95. The van der Waals surface area contributed by atoms with Gasteiger partial charge in [0.1, 0.15) is 0 Å². The van der Waals surface area contributed by atoms with E-state index in [9.17, 15) is 4.79 Å². The van der Waals surface area contributed by atoms with Crippen molar-refractivity contribution in [2.75, 3.05) is 6.61 Å². The van der Waals surface area contributed by atoms with Gasteiger partial charge < -0.3 is 4.74 Å². The molecule has 0 aliphatic heterocycles. The van der Waals surface area contributed by atoms with E-state index in [1.54, 1.807) is 11.3 Å². The molecule has 0 N–H and O–H groups in total. The van der Waals surface area contributed by atoms with Crippen LogP contribution in [0.25, 0.3) is 0 Å². The fourth-order valence-corrected chi connectivity index (χ4v) is 3.96. The van der Waals surface area contributed by atoms with Crippen molar-refractivity contribution >= 4 is 33.2 Å². The molecule has 1 saturated carbocycles. The first-order chi connectivity index (χ1) is 8.61. The molecule has 0 unspecified atom stereocenters. The van der Waals surface area contributed by atoms with Crippen LogP contribution in [0.5, 0.6) is 0 Å². The molecule has 0 bridgehead atoms. The van der Waals surface area contributed by atoms with Crippen LogP contribution in [-0.4, -0.2) is 17.6 Å². The maximum Gasteiger partial charge on any atom is 0.308 e. The third kappa shape index (κ3) is 3.12. The van der Waals surface area contributed by atoms with E-state index >= 15 is 0 Å². The lowest BCUT2D eigenvalue weighted by molar-refractivity contribution is -0.149. The molecule has 3 nitrogen and oxygen atoms in total. The van der Waals surface area contributed by atoms with Crippen molar-refractivity contribution in [2.45, 2.75) is 45.4 Å². The summed E-state index contributed by atoms with van der Waals surface area (Å²) < 4.78 is 6.22. The predicted molar refractivity (Wildman–Crippen MR) is 75.9 cm³/mol. The molecule has 0 atom stereocenters. The van der Waals surface area contributed by atoms with Crippen LogP contribution < -0.4 is 0 Å². The van der Waals surface area contributed by atoms with Crippen LogP contribution in [-0.2, 0) is 9.53 Å². The van der Waals surface area contributed by atoms with Crippen LogP contribution in [0.1, 0.15) is 49.2 Å². The SMILES string of the molecule is CCOC(=O)C1CCC(c2nc(C)c(Br)s2)CC1. The number of ether oxygens (including phenoxy) is 1. The number of aromatic nitrogens is 1. The average molecular weight is 332 g/mol. The highest BCUT2D eigenvalue weighted by molar-refractivity contribution is 9.11. The minimum Gasteiger partial charge on any atom is -0.466 e. The Morgan fingerprint density at radius 2 is 2.11 bits per heavy atom. The van der Waals surface area contributed by atoms with Gasteiger partial charge in [0, 0.05) is 5.92 Å². The number of nitrogens with zero attached hydrogens (tertiary/aromatic N) is 1. The van der Waals surface area contributed by atoms with Gasteiger partial charge in [-0.05, 0) is 55.5 Å². The van der Waals surface area contributed by atoms with Gasteiger partial charge in [0.05, 0.1) is 27.0 Å². The molecule has 2 rings (SSSR count). The molecule has 0 saturated heterocycles. The third-order valence-electron chi connectivity index (χ3n) is 3.45. The number of carbonyl (C=O) groups excluding carboxylic acids is 1. The summed E-state index contributed by atoms with van der Waals surface area (Å²) in [5, 5.41) is 1.21. The smallest absolute Gasteiger partial charge is 0.308 e. The largest absolute Gasteiger partial charge is 0.466 e. The number of aryl methyl sites for hydroxylation is 1. The van der Waals surface area contributed by atoms with E-state index in [0.717, 1.165) is 35.2 Å². The summed E-state index contributed by atoms with van der Waals surface area (Å²) in [5.41, 5.74) is 1.07. The zero-order chi connectivity index (χ0) is 13.1. The number of halogens is 1. The Kier molecular flexibility index (Phi) is 4.78. The van der Waals surface area contributed by atoms with Crippen LogP contribution in [0, 0.1) is 12.8 Å². The molecule has 1 aromatic rings. The normalized spacial score (nSPS) is 23.9. The summed E-state index contributed by atoms with van der Waals surface area (Å²) in [7, 11) is 0. The molecular weight excluding hydrogens is 314 g/mol. The van der Waals surface area contributed by atoms with E-state index in [1.165, 1.54) is 5.01 Å². The number of rotatable bonds is 3. The molecule has 0 radical (unpaired) electrons. The molecule has 1 aromatic heterocycles. The second kappa shape index (κ2) is 6.15. The fourth-order valence-electron chi connectivity index (χ4n) is 2.41. The molecular formula is C13H18BrNO2S. The molecule has 100 valence electrons. The Labute approximate surface area is 120 Å². The second-order valence-corrected chi connectivity index (χ2v) is 7.06. The van der Waals surface area contributed by atoms with Crippen LogP contribution in [0.15, 0.2) is 3.79 Å². The molecule has 18 heavy (non-hydrogen) atoms. The average Bonchev–Trinajstić information content (AvgIpc) is 2.70. The summed E-state index contributed by atoms with van der Waals surface area (Å²) >= 11 is 5.25. The van der Waals surface area contributed by atoms with E-state index in [-0.39, 0.29) is 11.9 Å². The number of thiazole rings is 1. The number of hydrogen-bond acceptors (Lipinski definition) is 4. The maximum absolute atomic E-state index is 11.7. The third-order valence-corrected chi connectivity index (χ3v) is 5.62. The summed E-state index contributed by atoms with van der Waals surface area (Å²) in [4.78, 5) is 16.3. The topological polar surface area (TPSA) is 39.2 Å². The second-order valence-electron chi connectivity index (χ2n) is 4.71. The van der Waals surface area contributed by atoms with Crippen LogP contribution >= 0.6 is 27.3 Å². The summed E-state index contributed by atoms with van der Waals surface area (Å²) in [6, 6.07) is 0. The van der Waals surface area contributed by atoms with Gasteiger partial charge in [-0.15, -0.1) is 11.3 Å². The Hall–Kier alpha value is -0.420. The maximum atomic E-state index is 11.7.